The summed E-state index contributed by atoms with van der Waals surface area (Å²) in [5, 5.41) is 13.2. The Hall–Kier alpha value is -1.77. The minimum atomic E-state index is -0.0990. The van der Waals surface area contributed by atoms with Gasteiger partial charge in [0.1, 0.15) is 11.1 Å². The molecule has 1 aromatic carbocycles. The van der Waals surface area contributed by atoms with Gasteiger partial charge < -0.3 is 5.32 Å². The predicted octanol–water partition coefficient (Wildman–Crippen LogP) is 4.15. The van der Waals surface area contributed by atoms with Crippen LogP contribution >= 0.6 is 23.1 Å². The van der Waals surface area contributed by atoms with Crippen molar-refractivity contribution in [3.63, 3.8) is 0 Å². The lowest BCUT2D eigenvalue weighted by Gasteiger charge is -2.10. The zero-order valence-electron chi connectivity index (χ0n) is 12.6. The van der Waals surface area contributed by atoms with Crippen molar-refractivity contribution in [3.05, 3.63) is 45.8 Å². The van der Waals surface area contributed by atoms with Gasteiger partial charge in [0, 0.05) is 9.77 Å². The average molecular weight is 340 g/mol. The van der Waals surface area contributed by atoms with Gasteiger partial charge in [0.2, 0.25) is 5.91 Å². The van der Waals surface area contributed by atoms with Gasteiger partial charge in [-0.3, -0.25) is 4.79 Å². The maximum atomic E-state index is 12.6. The molecule has 1 N–H and O–H groups in total. The molecule has 0 saturated carbocycles. The van der Waals surface area contributed by atoms with Crippen LogP contribution in [0.1, 0.15) is 34.4 Å². The van der Waals surface area contributed by atoms with Crippen molar-refractivity contribution < 1.29 is 4.79 Å². The number of benzene rings is 1. The molecule has 1 atom stereocenters. The zero-order chi connectivity index (χ0) is 15.8. The Morgan fingerprint density at radius 2 is 2.09 bits per heavy atom. The van der Waals surface area contributed by atoms with Gasteiger partial charge in [0.15, 0.2) is 0 Å². The third kappa shape index (κ3) is 2.66. The molecular weight excluding hydrogens is 324 g/mol. The van der Waals surface area contributed by atoms with E-state index in [4.69, 9.17) is 0 Å². The molecule has 1 amide bonds. The number of nitrogens with zero attached hydrogens (tertiary/aromatic N) is 1. The molecular formula is C18H16N2OS2. The average Bonchev–Trinajstić information content (AvgIpc) is 3.15. The minimum absolute atomic E-state index is 0.0151. The van der Waals surface area contributed by atoms with Gasteiger partial charge in [-0.1, -0.05) is 18.2 Å². The van der Waals surface area contributed by atoms with E-state index >= 15 is 0 Å². The highest BCUT2D eigenvalue weighted by Gasteiger charge is 2.30. The number of thioether (sulfide) groups is 1. The number of carbonyl (C=O) groups is 1. The molecule has 23 heavy (non-hydrogen) atoms. The van der Waals surface area contributed by atoms with E-state index in [9.17, 15) is 10.1 Å². The number of carbonyl (C=O) groups excluding carboxylic acids is 1. The van der Waals surface area contributed by atoms with Crippen LogP contribution in [0.5, 0.6) is 0 Å². The van der Waals surface area contributed by atoms with E-state index in [2.05, 4.69) is 23.5 Å². The van der Waals surface area contributed by atoms with Crippen LogP contribution in [0.2, 0.25) is 0 Å². The molecule has 1 aromatic heterocycles. The predicted molar refractivity (Wildman–Crippen MR) is 94.1 cm³/mol. The Labute approximate surface area is 143 Å². The molecule has 2 aliphatic rings. The van der Waals surface area contributed by atoms with Crippen LogP contribution in [0, 0.1) is 11.3 Å². The van der Waals surface area contributed by atoms with E-state index in [1.165, 1.54) is 27.3 Å². The molecule has 0 fully saturated rings. The number of fused-ring (bicyclic) bond motifs is 2. The van der Waals surface area contributed by atoms with Crippen LogP contribution in [0.25, 0.3) is 0 Å². The summed E-state index contributed by atoms with van der Waals surface area (Å²) in [5.74, 6) is 0.0151. The fourth-order valence-electron chi connectivity index (χ4n) is 3.29. The first-order chi connectivity index (χ1) is 11.3. The molecule has 1 aliphatic heterocycles. The normalized spacial score (nSPS) is 18.8. The third-order valence-electron chi connectivity index (χ3n) is 4.46. The number of aryl methyl sites for hydroxylation is 1. The van der Waals surface area contributed by atoms with Gasteiger partial charge in [-0.05, 0) is 49.3 Å². The summed E-state index contributed by atoms with van der Waals surface area (Å²) in [7, 11) is 0. The van der Waals surface area contributed by atoms with Gasteiger partial charge in [0.05, 0.1) is 10.8 Å². The summed E-state index contributed by atoms with van der Waals surface area (Å²) in [5.41, 5.74) is 3.10. The Bertz CT molecular complexity index is 794. The maximum absolute atomic E-state index is 12.6. The smallest absolute Gasteiger partial charge is 0.238 e. The highest BCUT2D eigenvalue weighted by molar-refractivity contribution is 8.01. The molecule has 1 aliphatic carbocycles. The maximum Gasteiger partial charge on any atom is 0.238 e. The van der Waals surface area contributed by atoms with Crippen molar-refractivity contribution in [2.24, 2.45) is 0 Å². The summed E-state index contributed by atoms with van der Waals surface area (Å²) in [6.45, 7) is 0. The third-order valence-corrected chi connectivity index (χ3v) is 6.98. The molecule has 2 heterocycles. The zero-order valence-corrected chi connectivity index (χ0v) is 14.2. The molecule has 0 radical (unpaired) electrons. The molecule has 1 unspecified atom stereocenters. The van der Waals surface area contributed by atoms with Gasteiger partial charge in [-0.15, -0.1) is 23.1 Å². The van der Waals surface area contributed by atoms with Crippen LogP contribution in [0.4, 0.5) is 5.00 Å². The van der Waals surface area contributed by atoms with Gasteiger partial charge in [-0.2, -0.15) is 5.26 Å². The molecule has 0 bridgehead atoms. The van der Waals surface area contributed by atoms with Crippen LogP contribution in [-0.4, -0.2) is 11.2 Å². The number of rotatable bonds is 2. The van der Waals surface area contributed by atoms with Crippen molar-refractivity contribution in [2.45, 2.75) is 42.2 Å². The molecule has 0 saturated heterocycles. The first-order valence-corrected chi connectivity index (χ1v) is 9.56. The Morgan fingerprint density at radius 3 is 2.91 bits per heavy atom. The molecule has 5 heteroatoms. The second-order valence-electron chi connectivity index (χ2n) is 5.93. The number of anilines is 1. The van der Waals surface area contributed by atoms with Crippen LogP contribution in [0.15, 0.2) is 29.2 Å². The highest BCUT2D eigenvalue weighted by Crippen LogP contribution is 2.40. The second kappa shape index (κ2) is 6.03. The van der Waals surface area contributed by atoms with E-state index in [-0.39, 0.29) is 11.2 Å². The van der Waals surface area contributed by atoms with Crippen LogP contribution in [0.3, 0.4) is 0 Å². The lowest BCUT2D eigenvalue weighted by molar-refractivity contribution is -0.115. The van der Waals surface area contributed by atoms with E-state index < -0.39 is 0 Å². The van der Waals surface area contributed by atoms with Crippen LogP contribution in [-0.2, 0) is 24.1 Å². The lowest BCUT2D eigenvalue weighted by Crippen LogP contribution is -2.24. The summed E-state index contributed by atoms with van der Waals surface area (Å²) in [4.78, 5) is 15.1. The Morgan fingerprint density at radius 1 is 1.26 bits per heavy atom. The van der Waals surface area contributed by atoms with Gasteiger partial charge in [0.25, 0.3) is 0 Å². The van der Waals surface area contributed by atoms with Crippen molar-refractivity contribution >= 4 is 34.0 Å². The number of hydrogen-bond donors (Lipinski definition) is 1. The fourth-order valence-corrected chi connectivity index (χ4v) is 5.73. The van der Waals surface area contributed by atoms with Gasteiger partial charge in [-0.25, -0.2) is 0 Å². The van der Waals surface area contributed by atoms with E-state index in [0.717, 1.165) is 30.7 Å². The number of nitriles is 1. The number of hydrogen-bond acceptors (Lipinski definition) is 4. The first kappa shape index (κ1) is 14.8. The quantitative estimate of drug-likeness (QED) is 0.893. The number of thiophene rings is 1. The van der Waals surface area contributed by atoms with Crippen molar-refractivity contribution in [2.75, 3.05) is 5.32 Å². The summed E-state index contributed by atoms with van der Waals surface area (Å²) < 4.78 is 0. The largest absolute Gasteiger partial charge is 0.316 e. The van der Waals surface area contributed by atoms with Crippen molar-refractivity contribution in [1.29, 1.82) is 5.26 Å². The summed E-state index contributed by atoms with van der Waals surface area (Å²) in [6, 6.07) is 10.5. The standard InChI is InChI=1S/C18H16N2OS2/c19-10-13-12-6-2-4-8-15(12)23-18(13)20-17(21)16-9-11-5-1-3-7-14(11)22-16/h1,3,5,7,16H,2,4,6,8-9H2,(H,20,21). The SMILES string of the molecule is N#Cc1c(NC(=O)C2Cc3ccccc3S2)sc2c1CCCC2. The Balaban J connectivity index is 1.54. The fraction of sp³-hybridized carbons (Fsp3) is 0.333. The highest BCUT2D eigenvalue weighted by atomic mass is 32.2. The lowest BCUT2D eigenvalue weighted by atomic mass is 9.96. The molecule has 0 spiro atoms. The Kier molecular flexibility index (Phi) is 3.88. The topological polar surface area (TPSA) is 52.9 Å². The summed E-state index contributed by atoms with van der Waals surface area (Å²) >= 11 is 3.22. The van der Waals surface area contributed by atoms with Crippen LogP contribution < -0.4 is 5.32 Å². The van der Waals surface area contributed by atoms with Gasteiger partial charge >= 0.3 is 0 Å². The van der Waals surface area contributed by atoms with E-state index in [0.29, 0.717) is 5.56 Å². The molecule has 4 rings (SSSR count). The monoisotopic (exact) mass is 340 g/mol. The first-order valence-electron chi connectivity index (χ1n) is 7.86. The number of nitrogens with one attached hydrogen (secondary N) is 1. The van der Waals surface area contributed by atoms with E-state index in [1.54, 1.807) is 23.1 Å². The van der Waals surface area contributed by atoms with Crippen molar-refractivity contribution in [3.8, 4) is 6.07 Å². The second-order valence-corrected chi connectivity index (χ2v) is 8.28. The van der Waals surface area contributed by atoms with E-state index in [1.807, 2.05) is 12.1 Å². The molecule has 3 nitrogen and oxygen atoms in total. The molecule has 116 valence electrons. The molecule has 2 aromatic rings. The van der Waals surface area contributed by atoms with Crippen molar-refractivity contribution in [1.82, 2.24) is 0 Å². The minimum Gasteiger partial charge on any atom is -0.316 e. The summed E-state index contributed by atoms with van der Waals surface area (Å²) in [6.07, 6.45) is 5.08. The number of amides is 1.